The van der Waals surface area contributed by atoms with E-state index in [1.54, 1.807) is 6.07 Å². The molecule has 0 spiro atoms. The molecule has 0 amide bonds. The molecule has 3 nitrogen and oxygen atoms in total. The SMILES string of the molecule is CCCNC(c1cccc(Br)c1F)c1snnc1C(C)C. The summed E-state index contributed by atoms with van der Waals surface area (Å²) < 4.78 is 19.0. The summed E-state index contributed by atoms with van der Waals surface area (Å²) in [6.45, 7) is 7.06. The van der Waals surface area contributed by atoms with Gasteiger partial charge in [-0.15, -0.1) is 5.10 Å². The Morgan fingerprint density at radius 3 is 2.81 bits per heavy atom. The van der Waals surface area contributed by atoms with Crippen LogP contribution in [0.25, 0.3) is 0 Å². The highest BCUT2D eigenvalue weighted by Gasteiger charge is 2.25. The van der Waals surface area contributed by atoms with E-state index in [-0.39, 0.29) is 17.8 Å². The number of hydrogen-bond acceptors (Lipinski definition) is 4. The maximum absolute atomic E-state index is 14.5. The van der Waals surface area contributed by atoms with Gasteiger partial charge in [-0.2, -0.15) is 0 Å². The van der Waals surface area contributed by atoms with Crippen LogP contribution in [0.5, 0.6) is 0 Å². The fourth-order valence-electron chi connectivity index (χ4n) is 2.18. The zero-order valence-corrected chi connectivity index (χ0v) is 14.8. The Bertz CT molecular complexity index is 600. The Morgan fingerprint density at radius 2 is 2.14 bits per heavy atom. The van der Waals surface area contributed by atoms with Crippen LogP contribution in [0.3, 0.4) is 0 Å². The summed E-state index contributed by atoms with van der Waals surface area (Å²) >= 11 is 4.60. The largest absolute Gasteiger partial charge is 0.305 e. The monoisotopic (exact) mass is 371 g/mol. The third-order valence-corrected chi connectivity index (χ3v) is 4.66. The Morgan fingerprint density at radius 1 is 1.38 bits per heavy atom. The van der Waals surface area contributed by atoms with Gasteiger partial charge in [-0.3, -0.25) is 0 Å². The summed E-state index contributed by atoms with van der Waals surface area (Å²) in [6, 6.07) is 5.17. The number of benzene rings is 1. The first-order chi connectivity index (χ1) is 10.1. The molecule has 6 heteroatoms. The summed E-state index contributed by atoms with van der Waals surface area (Å²) in [5.74, 6) is 0.0362. The Hall–Kier alpha value is -0.850. The average molecular weight is 372 g/mol. The second kappa shape index (κ2) is 7.42. The number of nitrogens with one attached hydrogen (secondary N) is 1. The molecule has 0 aliphatic carbocycles. The minimum absolute atomic E-state index is 0.208. The van der Waals surface area contributed by atoms with E-state index in [1.165, 1.54) is 11.5 Å². The molecular formula is C15H19BrFN3S. The van der Waals surface area contributed by atoms with Gasteiger partial charge in [-0.1, -0.05) is 37.4 Å². The van der Waals surface area contributed by atoms with Gasteiger partial charge >= 0.3 is 0 Å². The van der Waals surface area contributed by atoms with E-state index in [0.29, 0.717) is 10.0 Å². The molecule has 2 aromatic rings. The van der Waals surface area contributed by atoms with Gasteiger partial charge < -0.3 is 5.32 Å². The highest BCUT2D eigenvalue weighted by Crippen LogP contribution is 2.33. The molecule has 0 saturated carbocycles. The summed E-state index contributed by atoms with van der Waals surface area (Å²) in [5.41, 5.74) is 1.57. The van der Waals surface area contributed by atoms with Crippen molar-refractivity contribution in [3.05, 3.63) is 44.6 Å². The number of hydrogen-bond donors (Lipinski definition) is 1. The van der Waals surface area contributed by atoms with E-state index >= 15 is 0 Å². The van der Waals surface area contributed by atoms with Crippen LogP contribution in [0.1, 0.15) is 55.3 Å². The molecule has 0 aliphatic rings. The van der Waals surface area contributed by atoms with E-state index in [2.05, 4.69) is 51.6 Å². The molecule has 0 bridgehead atoms. The first-order valence-electron chi connectivity index (χ1n) is 7.05. The summed E-state index contributed by atoms with van der Waals surface area (Å²) in [4.78, 5) is 0.996. The molecule has 1 aromatic carbocycles. The van der Waals surface area contributed by atoms with Crippen LogP contribution in [0.4, 0.5) is 4.39 Å². The molecule has 0 fully saturated rings. The molecule has 0 aliphatic heterocycles. The Kier molecular flexibility index (Phi) is 5.84. The zero-order chi connectivity index (χ0) is 15.4. The lowest BCUT2D eigenvalue weighted by Gasteiger charge is -2.20. The standard InChI is InChI=1S/C15H19BrFN3S/c1-4-8-18-14(10-6-5-7-11(16)12(10)17)15-13(9(2)3)19-20-21-15/h5-7,9,14,18H,4,8H2,1-3H3. The molecule has 0 radical (unpaired) electrons. The van der Waals surface area contributed by atoms with Crippen LogP contribution < -0.4 is 5.32 Å². The number of aromatic nitrogens is 2. The van der Waals surface area contributed by atoms with Gasteiger partial charge in [0.25, 0.3) is 0 Å². The van der Waals surface area contributed by atoms with Crippen molar-refractivity contribution in [2.24, 2.45) is 0 Å². The Balaban J connectivity index is 2.47. The smallest absolute Gasteiger partial charge is 0.142 e. The average Bonchev–Trinajstić information content (AvgIpc) is 2.93. The first-order valence-corrected chi connectivity index (χ1v) is 8.62. The molecular weight excluding hydrogens is 353 g/mol. The molecule has 21 heavy (non-hydrogen) atoms. The third kappa shape index (κ3) is 3.67. The van der Waals surface area contributed by atoms with Crippen LogP contribution in [-0.2, 0) is 0 Å². The first kappa shape index (κ1) is 16.5. The summed E-state index contributed by atoms with van der Waals surface area (Å²) in [5, 5.41) is 7.64. The minimum Gasteiger partial charge on any atom is -0.305 e. The van der Waals surface area contributed by atoms with Gasteiger partial charge in [0, 0.05) is 5.56 Å². The quantitative estimate of drug-likeness (QED) is 0.802. The third-order valence-electron chi connectivity index (χ3n) is 3.24. The molecule has 1 heterocycles. The minimum atomic E-state index is -0.228. The molecule has 1 aromatic heterocycles. The maximum atomic E-state index is 14.5. The lowest BCUT2D eigenvalue weighted by molar-refractivity contribution is 0.543. The van der Waals surface area contributed by atoms with Crippen LogP contribution in [0, 0.1) is 5.82 Å². The van der Waals surface area contributed by atoms with Crippen LogP contribution in [0.2, 0.25) is 0 Å². The van der Waals surface area contributed by atoms with Gasteiger partial charge in [0.05, 0.1) is 21.1 Å². The van der Waals surface area contributed by atoms with Crippen LogP contribution in [-0.4, -0.2) is 16.1 Å². The van der Waals surface area contributed by atoms with Crippen LogP contribution >= 0.6 is 27.5 Å². The normalized spacial score (nSPS) is 12.9. The van der Waals surface area contributed by atoms with Gasteiger partial charge in [0.1, 0.15) is 5.82 Å². The molecule has 1 unspecified atom stereocenters. The van der Waals surface area contributed by atoms with Gasteiger partial charge in [-0.25, -0.2) is 4.39 Å². The van der Waals surface area contributed by atoms with Crippen molar-refractivity contribution in [1.82, 2.24) is 14.9 Å². The fourth-order valence-corrected chi connectivity index (χ4v) is 3.47. The predicted molar refractivity (Wildman–Crippen MR) is 88.2 cm³/mol. The van der Waals surface area contributed by atoms with E-state index in [1.807, 2.05) is 12.1 Å². The second-order valence-corrected chi connectivity index (χ2v) is 6.85. The lowest BCUT2D eigenvalue weighted by atomic mass is 9.99. The zero-order valence-electron chi connectivity index (χ0n) is 12.4. The van der Waals surface area contributed by atoms with Crippen molar-refractivity contribution in [2.75, 3.05) is 6.54 Å². The fraction of sp³-hybridized carbons (Fsp3) is 0.467. The molecule has 114 valence electrons. The maximum Gasteiger partial charge on any atom is 0.142 e. The van der Waals surface area contributed by atoms with E-state index in [0.717, 1.165) is 23.5 Å². The summed E-state index contributed by atoms with van der Waals surface area (Å²) in [6.07, 6.45) is 0.982. The van der Waals surface area contributed by atoms with Crippen LogP contribution in [0.15, 0.2) is 22.7 Å². The van der Waals surface area contributed by atoms with Crippen molar-refractivity contribution in [2.45, 2.75) is 39.2 Å². The number of halogens is 2. The van der Waals surface area contributed by atoms with E-state index in [9.17, 15) is 4.39 Å². The molecule has 2 rings (SSSR count). The van der Waals surface area contributed by atoms with Crippen molar-refractivity contribution in [3.8, 4) is 0 Å². The van der Waals surface area contributed by atoms with E-state index in [4.69, 9.17) is 0 Å². The van der Waals surface area contributed by atoms with Gasteiger partial charge in [0.15, 0.2) is 0 Å². The second-order valence-electron chi connectivity index (χ2n) is 5.21. The number of nitrogens with zero attached hydrogens (tertiary/aromatic N) is 2. The lowest BCUT2D eigenvalue weighted by Crippen LogP contribution is -2.24. The van der Waals surface area contributed by atoms with Crippen molar-refractivity contribution in [3.63, 3.8) is 0 Å². The van der Waals surface area contributed by atoms with Gasteiger partial charge in [-0.05, 0) is 52.4 Å². The molecule has 1 N–H and O–H groups in total. The highest BCUT2D eigenvalue weighted by molar-refractivity contribution is 9.10. The molecule has 1 atom stereocenters. The highest BCUT2D eigenvalue weighted by atomic mass is 79.9. The van der Waals surface area contributed by atoms with Crippen molar-refractivity contribution >= 4 is 27.5 Å². The van der Waals surface area contributed by atoms with E-state index < -0.39 is 0 Å². The summed E-state index contributed by atoms with van der Waals surface area (Å²) in [7, 11) is 0. The number of rotatable bonds is 6. The topological polar surface area (TPSA) is 37.8 Å². The van der Waals surface area contributed by atoms with Crippen molar-refractivity contribution in [1.29, 1.82) is 0 Å². The van der Waals surface area contributed by atoms with Crippen molar-refractivity contribution < 1.29 is 4.39 Å². The molecule has 0 saturated heterocycles. The Labute approximate surface area is 137 Å². The predicted octanol–water partition coefficient (Wildman–Crippen LogP) is 4.65. The van der Waals surface area contributed by atoms with Gasteiger partial charge in [0.2, 0.25) is 0 Å².